The van der Waals surface area contributed by atoms with Crippen molar-refractivity contribution < 1.29 is 9.59 Å². The molecular formula is C13H15N5O2. The monoisotopic (exact) mass is 273 g/mol. The van der Waals surface area contributed by atoms with Gasteiger partial charge in [0.25, 0.3) is 0 Å². The average Bonchev–Trinajstić information content (AvgIpc) is 2.64. The summed E-state index contributed by atoms with van der Waals surface area (Å²) in [5, 5.41) is 3.14. The molecule has 3 heterocycles. The van der Waals surface area contributed by atoms with Gasteiger partial charge < -0.3 is 10.3 Å². The molecule has 20 heavy (non-hydrogen) atoms. The van der Waals surface area contributed by atoms with Crippen LogP contribution in [0.1, 0.15) is 30.1 Å². The van der Waals surface area contributed by atoms with E-state index < -0.39 is 6.04 Å². The minimum Gasteiger partial charge on any atom is -0.383 e. The van der Waals surface area contributed by atoms with E-state index in [1.807, 2.05) is 18.4 Å². The molecule has 2 aromatic rings. The molecule has 1 atom stereocenters. The van der Waals surface area contributed by atoms with Crippen molar-refractivity contribution in [2.24, 2.45) is 0 Å². The van der Waals surface area contributed by atoms with Crippen molar-refractivity contribution in [1.82, 2.24) is 19.9 Å². The molecule has 1 aliphatic rings. The van der Waals surface area contributed by atoms with Gasteiger partial charge in [-0.1, -0.05) is 0 Å². The van der Waals surface area contributed by atoms with E-state index >= 15 is 0 Å². The first-order valence-corrected chi connectivity index (χ1v) is 6.42. The lowest BCUT2D eigenvalue weighted by molar-refractivity contribution is -0.135. The topological polar surface area (TPSA) is 103 Å². The van der Waals surface area contributed by atoms with Crippen LogP contribution < -0.4 is 11.1 Å². The highest BCUT2D eigenvalue weighted by atomic mass is 16.2. The molecule has 1 fully saturated rings. The van der Waals surface area contributed by atoms with Crippen LogP contribution in [0.15, 0.2) is 6.33 Å². The number of piperidine rings is 1. The maximum atomic E-state index is 12.1. The number of hydrogen-bond donors (Lipinski definition) is 2. The van der Waals surface area contributed by atoms with Crippen molar-refractivity contribution in [2.45, 2.75) is 32.7 Å². The lowest BCUT2D eigenvalue weighted by Crippen LogP contribution is -2.42. The molecule has 1 aliphatic heterocycles. The molecule has 0 aromatic carbocycles. The number of fused-ring (bicyclic) bond motifs is 1. The van der Waals surface area contributed by atoms with Gasteiger partial charge in [0.05, 0.1) is 5.39 Å². The second kappa shape index (κ2) is 4.29. The van der Waals surface area contributed by atoms with Crippen LogP contribution in [0.4, 0.5) is 5.82 Å². The number of carbonyl (C=O) groups excluding carboxylic acids is 2. The van der Waals surface area contributed by atoms with E-state index in [2.05, 4.69) is 15.3 Å². The SMILES string of the molecule is Cc1c(C)n(C2CCC(=O)NC2=O)c2ncnc(N)c12. The minimum atomic E-state index is -0.432. The Morgan fingerprint density at radius 1 is 1.35 bits per heavy atom. The molecule has 2 amide bonds. The van der Waals surface area contributed by atoms with E-state index in [9.17, 15) is 9.59 Å². The zero-order valence-corrected chi connectivity index (χ0v) is 11.3. The summed E-state index contributed by atoms with van der Waals surface area (Å²) in [4.78, 5) is 31.6. The number of anilines is 1. The van der Waals surface area contributed by atoms with Crippen LogP contribution >= 0.6 is 0 Å². The van der Waals surface area contributed by atoms with E-state index in [0.29, 0.717) is 24.3 Å². The number of imide groups is 1. The number of aryl methyl sites for hydroxylation is 1. The van der Waals surface area contributed by atoms with Crippen LogP contribution in [0.2, 0.25) is 0 Å². The standard InChI is InChI=1S/C13H15N5O2/c1-6-7(2)18(8-3-4-9(19)17-13(8)20)12-10(6)11(14)15-5-16-12/h5,8H,3-4H2,1-2H3,(H2,14,15,16)(H,17,19,20). The predicted octanol–water partition coefficient (Wildman–Crippen LogP) is 0.608. The normalized spacial score (nSPS) is 19.4. The van der Waals surface area contributed by atoms with Gasteiger partial charge in [-0.05, 0) is 25.8 Å². The molecule has 0 aliphatic carbocycles. The first kappa shape index (κ1) is 12.6. The fourth-order valence-electron chi connectivity index (χ4n) is 2.76. The smallest absolute Gasteiger partial charge is 0.249 e. The quantitative estimate of drug-likeness (QED) is 0.741. The minimum absolute atomic E-state index is 0.230. The molecular weight excluding hydrogens is 258 g/mol. The fourth-order valence-corrected chi connectivity index (χ4v) is 2.76. The van der Waals surface area contributed by atoms with Crippen molar-refractivity contribution in [2.75, 3.05) is 5.73 Å². The summed E-state index contributed by atoms with van der Waals surface area (Å²) >= 11 is 0. The summed E-state index contributed by atoms with van der Waals surface area (Å²) in [6.45, 7) is 3.85. The molecule has 104 valence electrons. The molecule has 7 heteroatoms. The lowest BCUT2D eigenvalue weighted by Gasteiger charge is -2.24. The summed E-state index contributed by atoms with van der Waals surface area (Å²) in [6, 6.07) is -0.432. The Morgan fingerprint density at radius 3 is 2.80 bits per heavy atom. The van der Waals surface area contributed by atoms with Crippen LogP contribution in [0.25, 0.3) is 11.0 Å². The molecule has 0 bridgehead atoms. The first-order chi connectivity index (χ1) is 9.50. The fraction of sp³-hybridized carbons (Fsp3) is 0.385. The van der Waals surface area contributed by atoms with E-state index in [1.165, 1.54) is 6.33 Å². The Kier molecular flexibility index (Phi) is 2.70. The van der Waals surface area contributed by atoms with Gasteiger partial charge in [0.2, 0.25) is 11.8 Å². The molecule has 1 unspecified atom stereocenters. The van der Waals surface area contributed by atoms with Crippen molar-refractivity contribution >= 4 is 28.7 Å². The van der Waals surface area contributed by atoms with Crippen molar-refractivity contribution in [1.29, 1.82) is 0 Å². The third kappa shape index (κ3) is 1.66. The second-order valence-corrected chi connectivity index (χ2v) is 5.00. The number of aromatic nitrogens is 3. The third-order valence-electron chi connectivity index (χ3n) is 3.89. The van der Waals surface area contributed by atoms with Gasteiger partial charge in [-0.2, -0.15) is 0 Å². The highest BCUT2D eigenvalue weighted by Gasteiger charge is 2.31. The number of carbonyl (C=O) groups is 2. The molecule has 0 spiro atoms. The van der Waals surface area contributed by atoms with E-state index in [1.54, 1.807) is 0 Å². The van der Waals surface area contributed by atoms with Gasteiger partial charge in [0.1, 0.15) is 23.8 Å². The average molecular weight is 273 g/mol. The number of nitrogens with two attached hydrogens (primary N) is 1. The number of nitrogen functional groups attached to an aromatic ring is 1. The zero-order chi connectivity index (χ0) is 14.4. The number of rotatable bonds is 1. The molecule has 7 nitrogen and oxygen atoms in total. The predicted molar refractivity (Wildman–Crippen MR) is 72.8 cm³/mol. The van der Waals surface area contributed by atoms with Crippen LogP contribution in [0.3, 0.4) is 0 Å². The summed E-state index contributed by atoms with van der Waals surface area (Å²) in [5.41, 5.74) is 8.43. The highest BCUT2D eigenvalue weighted by Crippen LogP contribution is 2.32. The highest BCUT2D eigenvalue weighted by molar-refractivity contribution is 6.01. The van der Waals surface area contributed by atoms with E-state index in [-0.39, 0.29) is 11.8 Å². The van der Waals surface area contributed by atoms with Gasteiger partial charge in [-0.3, -0.25) is 14.9 Å². The Labute approximate surface area is 115 Å². The number of amides is 2. The lowest BCUT2D eigenvalue weighted by atomic mass is 10.1. The summed E-state index contributed by atoms with van der Waals surface area (Å²) < 4.78 is 1.85. The molecule has 1 saturated heterocycles. The van der Waals surface area contributed by atoms with E-state index in [4.69, 9.17) is 5.73 Å². The van der Waals surface area contributed by atoms with Crippen molar-refractivity contribution in [3.63, 3.8) is 0 Å². The molecule has 3 rings (SSSR count). The molecule has 0 saturated carbocycles. The largest absolute Gasteiger partial charge is 0.383 e. The summed E-state index contributed by atoms with van der Waals surface area (Å²) in [5.74, 6) is -0.119. The van der Waals surface area contributed by atoms with Crippen molar-refractivity contribution in [3.8, 4) is 0 Å². The van der Waals surface area contributed by atoms with Crippen LogP contribution in [0, 0.1) is 13.8 Å². The molecule has 2 aromatic heterocycles. The molecule has 0 radical (unpaired) electrons. The van der Waals surface area contributed by atoms with Crippen LogP contribution in [-0.2, 0) is 9.59 Å². The van der Waals surface area contributed by atoms with Gasteiger partial charge in [0, 0.05) is 12.1 Å². The Morgan fingerprint density at radius 2 is 2.10 bits per heavy atom. The maximum absolute atomic E-state index is 12.1. The second-order valence-electron chi connectivity index (χ2n) is 5.00. The number of nitrogens with one attached hydrogen (secondary N) is 1. The van der Waals surface area contributed by atoms with Crippen LogP contribution in [0.5, 0.6) is 0 Å². The maximum Gasteiger partial charge on any atom is 0.249 e. The van der Waals surface area contributed by atoms with Gasteiger partial charge in [-0.25, -0.2) is 9.97 Å². The third-order valence-corrected chi connectivity index (χ3v) is 3.89. The van der Waals surface area contributed by atoms with Gasteiger partial charge in [-0.15, -0.1) is 0 Å². The van der Waals surface area contributed by atoms with Gasteiger partial charge >= 0.3 is 0 Å². The Bertz CT molecular complexity index is 734. The summed E-state index contributed by atoms with van der Waals surface area (Å²) in [7, 11) is 0. The summed E-state index contributed by atoms with van der Waals surface area (Å²) in [6.07, 6.45) is 2.19. The van der Waals surface area contributed by atoms with Crippen LogP contribution in [-0.4, -0.2) is 26.3 Å². The first-order valence-electron chi connectivity index (χ1n) is 6.42. The number of hydrogen-bond acceptors (Lipinski definition) is 5. The van der Waals surface area contributed by atoms with E-state index in [0.717, 1.165) is 16.6 Å². The Balaban J connectivity index is 2.22. The number of nitrogens with zero attached hydrogens (tertiary/aromatic N) is 3. The van der Waals surface area contributed by atoms with Gasteiger partial charge in [0.15, 0.2) is 0 Å². The zero-order valence-electron chi connectivity index (χ0n) is 11.3. The molecule has 3 N–H and O–H groups in total. The Hall–Kier alpha value is -2.44. The van der Waals surface area contributed by atoms with Crippen molar-refractivity contribution in [3.05, 3.63) is 17.6 Å².